The largest absolute Gasteiger partial charge is 0.454 e. The molecule has 1 aliphatic rings. The molecule has 11 heteroatoms. The zero-order valence-electron chi connectivity index (χ0n) is 44.9. The molecule has 1 amide bonds. The molecule has 8 atom stereocenters. The molecule has 408 valence electrons. The number of aliphatic hydroxyl groups is 5. The predicted molar refractivity (Wildman–Crippen MR) is 287 cm³/mol. The average Bonchev–Trinajstić information content (AvgIpc) is 3.36. The molecule has 0 radical (unpaired) electrons. The van der Waals surface area contributed by atoms with Gasteiger partial charge in [-0.2, -0.15) is 0 Å². The van der Waals surface area contributed by atoms with E-state index >= 15 is 0 Å². The number of unbranched alkanes of at least 4 members (excludes halogenated alkanes) is 28. The molecule has 6 N–H and O–H groups in total. The van der Waals surface area contributed by atoms with Crippen LogP contribution in [0.5, 0.6) is 0 Å². The van der Waals surface area contributed by atoms with Gasteiger partial charge in [0, 0.05) is 6.42 Å². The van der Waals surface area contributed by atoms with Crippen LogP contribution in [0.2, 0.25) is 0 Å². The van der Waals surface area contributed by atoms with Gasteiger partial charge in [-0.1, -0.05) is 211 Å². The molecule has 1 fully saturated rings. The zero-order chi connectivity index (χ0) is 51.1. The van der Waals surface area contributed by atoms with Crippen LogP contribution in [0, 0.1) is 0 Å². The van der Waals surface area contributed by atoms with Gasteiger partial charge in [0.1, 0.15) is 24.4 Å². The predicted octanol–water partition coefficient (Wildman–Crippen LogP) is 12.9. The van der Waals surface area contributed by atoms with Gasteiger partial charge < -0.3 is 45.1 Å². The van der Waals surface area contributed by atoms with Crippen LogP contribution in [0.4, 0.5) is 0 Å². The second-order valence-corrected chi connectivity index (χ2v) is 20.0. The van der Waals surface area contributed by atoms with E-state index in [1.54, 1.807) is 6.08 Å². The number of hydrogen-bond donors (Lipinski definition) is 6. The minimum absolute atomic E-state index is 0.113. The van der Waals surface area contributed by atoms with Crippen LogP contribution < -0.4 is 5.32 Å². The third kappa shape index (κ3) is 35.7. The Hall–Kier alpha value is -2.38. The fourth-order valence-corrected chi connectivity index (χ4v) is 8.79. The maximum absolute atomic E-state index is 13.3. The summed E-state index contributed by atoms with van der Waals surface area (Å²) in [4.78, 5) is 26.4. The fraction of sp³-hybridized carbons (Fsp3) is 0.831. The monoisotopic (exact) mass is 990 g/mol. The molecule has 1 aliphatic heterocycles. The standard InChI is InChI=1S/C59H107NO10/c1-4-7-10-13-16-19-22-25-26-27-28-29-32-35-38-41-44-47-54(64)70-57-56(66)55(65)53(48-61)69-59(57)68-49-50(51(62)45-42-39-36-33-30-23-20-17-14-11-8-5-2)60-58(67)52(63)46-43-40-37-34-31-24-21-18-15-12-9-6-3/h16,19,25-26,31,34,42,45,50-53,55-57,59,61-63,65-66H,4-15,17-18,20-24,27-30,32-33,35-41,43-44,46-49H2,1-3H3,(H,60,67)/b19-16-,26-25-,34-31-,45-42+. The van der Waals surface area contributed by atoms with Crippen molar-refractivity contribution < 1.29 is 49.3 Å². The Bertz CT molecular complexity index is 1320. The van der Waals surface area contributed by atoms with Gasteiger partial charge in [-0.15, -0.1) is 0 Å². The molecule has 8 unspecified atom stereocenters. The summed E-state index contributed by atoms with van der Waals surface area (Å²) >= 11 is 0. The Kier molecular flexibility index (Phi) is 44.6. The highest BCUT2D eigenvalue weighted by Gasteiger charge is 2.47. The molecule has 0 saturated carbocycles. The number of rotatable bonds is 48. The lowest BCUT2D eigenvalue weighted by Gasteiger charge is -2.41. The fourth-order valence-electron chi connectivity index (χ4n) is 8.79. The lowest BCUT2D eigenvalue weighted by atomic mass is 9.99. The van der Waals surface area contributed by atoms with Crippen molar-refractivity contribution in [3.63, 3.8) is 0 Å². The molecule has 1 rings (SSSR count). The maximum atomic E-state index is 13.3. The molecular formula is C59H107NO10. The summed E-state index contributed by atoms with van der Waals surface area (Å²) in [5.41, 5.74) is 0. The molecule has 0 aromatic carbocycles. The van der Waals surface area contributed by atoms with Crippen molar-refractivity contribution in [1.29, 1.82) is 0 Å². The summed E-state index contributed by atoms with van der Waals surface area (Å²) in [6.45, 7) is 5.73. The number of carbonyl (C=O) groups excluding carboxylic acids is 2. The maximum Gasteiger partial charge on any atom is 0.306 e. The van der Waals surface area contributed by atoms with Gasteiger partial charge in [-0.25, -0.2) is 0 Å². The molecule has 1 heterocycles. The topological polar surface area (TPSA) is 175 Å². The smallest absolute Gasteiger partial charge is 0.306 e. The third-order valence-corrected chi connectivity index (χ3v) is 13.5. The number of nitrogens with one attached hydrogen (secondary N) is 1. The minimum Gasteiger partial charge on any atom is -0.454 e. The van der Waals surface area contributed by atoms with Gasteiger partial charge in [0.2, 0.25) is 5.91 Å². The lowest BCUT2D eigenvalue weighted by Crippen LogP contribution is -2.61. The van der Waals surface area contributed by atoms with Crippen molar-refractivity contribution in [3.8, 4) is 0 Å². The highest BCUT2D eigenvalue weighted by Crippen LogP contribution is 2.26. The van der Waals surface area contributed by atoms with Crippen molar-refractivity contribution in [3.05, 3.63) is 48.6 Å². The second kappa shape index (κ2) is 47.6. The summed E-state index contributed by atoms with van der Waals surface area (Å²) in [7, 11) is 0. The highest BCUT2D eigenvalue weighted by molar-refractivity contribution is 5.80. The molecule has 70 heavy (non-hydrogen) atoms. The van der Waals surface area contributed by atoms with Crippen molar-refractivity contribution >= 4 is 11.9 Å². The zero-order valence-corrected chi connectivity index (χ0v) is 44.9. The first kappa shape index (κ1) is 65.6. The quantitative estimate of drug-likeness (QED) is 0.0196. The summed E-state index contributed by atoms with van der Waals surface area (Å²) in [6.07, 6.45) is 45.8. The first-order chi connectivity index (χ1) is 34.2. The van der Waals surface area contributed by atoms with Gasteiger partial charge in [0.15, 0.2) is 12.4 Å². The second-order valence-electron chi connectivity index (χ2n) is 20.0. The number of ether oxygens (including phenoxy) is 3. The molecule has 11 nitrogen and oxygen atoms in total. The summed E-state index contributed by atoms with van der Waals surface area (Å²) < 4.78 is 17.6. The van der Waals surface area contributed by atoms with Gasteiger partial charge in [-0.05, 0) is 83.5 Å². The van der Waals surface area contributed by atoms with Gasteiger partial charge in [0.25, 0.3) is 0 Å². The van der Waals surface area contributed by atoms with E-state index in [1.165, 1.54) is 128 Å². The molecule has 0 spiro atoms. The summed E-state index contributed by atoms with van der Waals surface area (Å²) in [5.74, 6) is -1.22. The van der Waals surface area contributed by atoms with E-state index < -0.39 is 67.4 Å². The number of carbonyl (C=O) groups is 2. The van der Waals surface area contributed by atoms with E-state index in [1.807, 2.05) is 6.08 Å². The summed E-state index contributed by atoms with van der Waals surface area (Å²) in [6, 6.07) is -1.03. The average molecular weight is 991 g/mol. The molecule has 0 aromatic rings. The molecule has 0 aliphatic carbocycles. The Morgan fingerprint density at radius 2 is 0.986 bits per heavy atom. The first-order valence-corrected chi connectivity index (χ1v) is 28.9. The van der Waals surface area contributed by atoms with E-state index in [2.05, 4.69) is 62.5 Å². The molecule has 1 saturated heterocycles. The van der Waals surface area contributed by atoms with E-state index in [-0.39, 0.29) is 19.4 Å². The number of allylic oxidation sites excluding steroid dienone is 7. The lowest BCUT2D eigenvalue weighted by molar-refractivity contribution is -0.305. The highest BCUT2D eigenvalue weighted by atomic mass is 16.7. The van der Waals surface area contributed by atoms with Gasteiger partial charge in [0.05, 0.1) is 25.4 Å². The van der Waals surface area contributed by atoms with Gasteiger partial charge >= 0.3 is 5.97 Å². The Morgan fingerprint density at radius 3 is 1.50 bits per heavy atom. The SMILES string of the molecule is CCCCC/C=C\C/C=C\CCCCCCCCCC(=O)OC1C(OCC(NC(=O)C(O)CCCC/C=C\CCCCCCCC)C(O)/C=C/CCCCCCCCCCCC)OC(CO)C(O)C1O. The van der Waals surface area contributed by atoms with Crippen LogP contribution in [0.15, 0.2) is 48.6 Å². The molecule has 0 aromatic heterocycles. The first-order valence-electron chi connectivity index (χ1n) is 28.9. The third-order valence-electron chi connectivity index (χ3n) is 13.5. The minimum atomic E-state index is -1.62. The van der Waals surface area contributed by atoms with E-state index in [9.17, 15) is 35.1 Å². The van der Waals surface area contributed by atoms with Crippen LogP contribution in [-0.4, -0.2) is 99.6 Å². The van der Waals surface area contributed by atoms with Crippen LogP contribution in [-0.2, 0) is 23.8 Å². The van der Waals surface area contributed by atoms with Gasteiger partial charge in [-0.3, -0.25) is 9.59 Å². The Balaban J connectivity index is 2.73. The van der Waals surface area contributed by atoms with Crippen LogP contribution in [0.25, 0.3) is 0 Å². The normalized spacial score (nSPS) is 20.0. The molecular weight excluding hydrogens is 883 g/mol. The Morgan fingerprint density at radius 1 is 0.557 bits per heavy atom. The van der Waals surface area contributed by atoms with Crippen molar-refractivity contribution in [2.24, 2.45) is 0 Å². The van der Waals surface area contributed by atoms with Crippen molar-refractivity contribution in [2.75, 3.05) is 13.2 Å². The number of hydrogen-bond acceptors (Lipinski definition) is 10. The number of amides is 1. The molecule has 0 bridgehead atoms. The Labute approximate surface area is 427 Å². The van der Waals surface area contributed by atoms with Crippen LogP contribution in [0.1, 0.15) is 252 Å². The van der Waals surface area contributed by atoms with E-state index in [4.69, 9.17) is 14.2 Å². The van der Waals surface area contributed by atoms with E-state index in [0.717, 1.165) is 77.0 Å². The van der Waals surface area contributed by atoms with Crippen molar-refractivity contribution in [1.82, 2.24) is 5.32 Å². The summed E-state index contributed by atoms with van der Waals surface area (Å²) in [5, 5.41) is 56.7. The van der Waals surface area contributed by atoms with Crippen LogP contribution >= 0.6 is 0 Å². The van der Waals surface area contributed by atoms with Crippen molar-refractivity contribution in [2.45, 2.75) is 301 Å². The van der Waals surface area contributed by atoms with Crippen LogP contribution in [0.3, 0.4) is 0 Å². The van der Waals surface area contributed by atoms with E-state index in [0.29, 0.717) is 12.8 Å². The number of aliphatic hydroxyl groups excluding tert-OH is 5. The number of esters is 1.